The van der Waals surface area contributed by atoms with Gasteiger partial charge in [-0.15, -0.1) is 0 Å². The largest absolute Gasteiger partial charge is 0.478 e. The van der Waals surface area contributed by atoms with E-state index in [9.17, 15) is 22.4 Å². The van der Waals surface area contributed by atoms with Crippen LogP contribution in [0.3, 0.4) is 0 Å². The lowest BCUT2D eigenvalue weighted by Crippen LogP contribution is -2.42. The Morgan fingerprint density at radius 1 is 1.40 bits per heavy atom. The van der Waals surface area contributed by atoms with E-state index in [0.29, 0.717) is 6.07 Å². The maximum atomic E-state index is 13.5. The fourth-order valence-corrected chi connectivity index (χ4v) is 2.73. The molecule has 110 valence electrons. The summed E-state index contributed by atoms with van der Waals surface area (Å²) in [7, 11) is -4.18. The maximum Gasteiger partial charge on any atom is 0.338 e. The molecule has 0 heterocycles. The summed E-state index contributed by atoms with van der Waals surface area (Å²) in [5.41, 5.74) is 4.03. The predicted molar refractivity (Wildman–Crippen MR) is 67.1 cm³/mol. The van der Waals surface area contributed by atoms with Crippen molar-refractivity contribution in [1.82, 2.24) is 4.72 Å². The highest BCUT2D eigenvalue weighted by molar-refractivity contribution is 7.89. The number of carboxylic acids is 1. The lowest BCUT2D eigenvalue weighted by molar-refractivity contribution is -0.119. The molecule has 0 aliphatic carbocycles. The van der Waals surface area contributed by atoms with Crippen LogP contribution >= 0.6 is 0 Å². The van der Waals surface area contributed by atoms with Crippen molar-refractivity contribution in [1.29, 1.82) is 0 Å². The van der Waals surface area contributed by atoms with E-state index in [4.69, 9.17) is 10.8 Å². The SMILES string of the molecule is Cc1cc(S(=O)(=O)NC(C)C(N)=O)cc(C(=O)O)c1F. The number of carboxylic acid groups (broad SMARTS) is 1. The number of halogens is 1. The van der Waals surface area contributed by atoms with Crippen molar-refractivity contribution in [2.45, 2.75) is 24.8 Å². The molecule has 4 N–H and O–H groups in total. The zero-order chi connectivity index (χ0) is 15.7. The molecule has 1 unspecified atom stereocenters. The van der Waals surface area contributed by atoms with Crippen molar-refractivity contribution in [3.63, 3.8) is 0 Å². The minimum atomic E-state index is -4.18. The van der Waals surface area contributed by atoms with E-state index in [1.54, 1.807) is 0 Å². The number of nitrogens with one attached hydrogen (secondary N) is 1. The van der Waals surface area contributed by atoms with Gasteiger partial charge in [0.05, 0.1) is 16.5 Å². The number of nitrogens with two attached hydrogens (primary N) is 1. The van der Waals surface area contributed by atoms with Gasteiger partial charge in [0.1, 0.15) is 5.82 Å². The van der Waals surface area contributed by atoms with E-state index in [0.717, 1.165) is 6.07 Å². The van der Waals surface area contributed by atoms with Gasteiger partial charge in [0.15, 0.2) is 0 Å². The molecule has 7 nitrogen and oxygen atoms in total. The maximum absolute atomic E-state index is 13.5. The van der Waals surface area contributed by atoms with Crippen LogP contribution in [0.5, 0.6) is 0 Å². The summed E-state index contributed by atoms with van der Waals surface area (Å²) in [5, 5.41) is 8.82. The standard InChI is InChI=1S/C11H13FN2O5S/c1-5-3-7(4-8(9(5)12)11(16)17)20(18,19)14-6(2)10(13)15/h3-4,6,14H,1-2H3,(H2,13,15)(H,16,17). The van der Waals surface area contributed by atoms with Crippen molar-refractivity contribution in [2.24, 2.45) is 5.73 Å². The number of hydrogen-bond donors (Lipinski definition) is 3. The number of primary amides is 1. The zero-order valence-electron chi connectivity index (χ0n) is 10.7. The molecule has 0 saturated heterocycles. The predicted octanol–water partition coefficient (Wildman–Crippen LogP) is -0.0156. The molecule has 9 heteroatoms. The first-order valence-corrected chi connectivity index (χ1v) is 6.89. The first-order valence-electron chi connectivity index (χ1n) is 5.41. The van der Waals surface area contributed by atoms with Crippen LogP contribution < -0.4 is 10.5 Å². The van der Waals surface area contributed by atoms with Crippen molar-refractivity contribution in [2.75, 3.05) is 0 Å². The number of amides is 1. The lowest BCUT2D eigenvalue weighted by atomic mass is 10.1. The van der Waals surface area contributed by atoms with Gasteiger partial charge in [-0.2, -0.15) is 4.72 Å². The van der Waals surface area contributed by atoms with E-state index in [2.05, 4.69) is 0 Å². The average molecular weight is 304 g/mol. The highest BCUT2D eigenvalue weighted by Crippen LogP contribution is 2.19. The van der Waals surface area contributed by atoms with E-state index in [1.165, 1.54) is 13.8 Å². The van der Waals surface area contributed by atoms with Crippen molar-refractivity contribution in [3.05, 3.63) is 29.1 Å². The van der Waals surface area contributed by atoms with Gasteiger partial charge < -0.3 is 10.8 Å². The monoisotopic (exact) mass is 304 g/mol. The Hall–Kier alpha value is -2.00. The number of aromatic carboxylic acids is 1. The molecule has 20 heavy (non-hydrogen) atoms. The molecule has 0 bridgehead atoms. The third-order valence-corrected chi connectivity index (χ3v) is 4.05. The van der Waals surface area contributed by atoms with Crippen molar-refractivity contribution >= 4 is 21.9 Å². The molecule has 1 rings (SSSR count). The van der Waals surface area contributed by atoms with Crippen LogP contribution in [0.25, 0.3) is 0 Å². The average Bonchev–Trinajstić information content (AvgIpc) is 2.31. The third kappa shape index (κ3) is 3.31. The second-order valence-corrected chi connectivity index (χ2v) is 5.87. The Bertz CT molecular complexity index is 672. The van der Waals surface area contributed by atoms with E-state index >= 15 is 0 Å². The van der Waals surface area contributed by atoms with Crippen LogP contribution in [0.2, 0.25) is 0 Å². The Kier molecular flexibility index (Phi) is 4.46. The van der Waals surface area contributed by atoms with Crippen LogP contribution in [0, 0.1) is 12.7 Å². The number of aryl methyl sites for hydroxylation is 1. The molecule has 1 aromatic carbocycles. The fraction of sp³-hybridized carbons (Fsp3) is 0.273. The quantitative estimate of drug-likeness (QED) is 0.705. The van der Waals surface area contributed by atoms with Gasteiger partial charge in [-0.3, -0.25) is 4.79 Å². The number of sulfonamides is 1. The molecule has 1 aromatic rings. The smallest absolute Gasteiger partial charge is 0.338 e. The van der Waals surface area contributed by atoms with Gasteiger partial charge in [-0.05, 0) is 31.5 Å². The van der Waals surface area contributed by atoms with Gasteiger partial charge in [0, 0.05) is 0 Å². The Morgan fingerprint density at radius 2 is 1.95 bits per heavy atom. The van der Waals surface area contributed by atoms with Gasteiger partial charge in [0.2, 0.25) is 15.9 Å². The van der Waals surface area contributed by atoms with Crippen LogP contribution in [0.4, 0.5) is 4.39 Å². The van der Waals surface area contributed by atoms with Crippen LogP contribution in [0.15, 0.2) is 17.0 Å². The van der Waals surface area contributed by atoms with E-state index in [1.807, 2.05) is 4.72 Å². The molecular formula is C11H13FN2O5S. The van der Waals surface area contributed by atoms with Crippen molar-refractivity contribution < 1.29 is 27.5 Å². The van der Waals surface area contributed by atoms with Gasteiger partial charge in [0.25, 0.3) is 0 Å². The summed E-state index contributed by atoms with van der Waals surface area (Å²) in [6.07, 6.45) is 0. The lowest BCUT2D eigenvalue weighted by Gasteiger charge is -2.12. The molecular weight excluding hydrogens is 291 g/mol. The van der Waals surface area contributed by atoms with Gasteiger partial charge in [-0.1, -0.05) is 0 Å². The first kappa shape index (κ1) is 16.1. The third-order valence-electron chi connectivity index (χ3n) is 2.53. The summed E-state index contributed by atoms with van der Waals surface area (Å²) in [4.78, 5) is 21.2. The van der Waals surface area contributed by atoms with Gasteiger partial charge in [-0.25, -0.2) is 17.6 Å². The Balaban J connectivity index is 3.33. The molecule has 0 aliphatic heterocycles. The number of hydrogen-bond acceptors (Lipinski definition) is 4. The van der Waals surface area contributed by atoms with Gasteiger partial charge >= 0.3 is 5.97 Å². The molecule has 0 fully saturated rings. The minimum absolute atomic E-state index is 0.142. The highest BCUT2D eigenvalue weighted by atomic mass is 32.2. The number of benzene rings is 1. The molecule has 0 aromatic heterocycles. The van der Waals surface area contributed by atoms with Crippen LogP contribution in [-0.4, -0.2) is 31.4 Å². The molecule has 0 radical (unpaired) electrons. The number of rotatable bonds is 5. The Morgan fingerprint density at radius 3 is 2.40 bits per heavy atom. The summed E-state index contributed by atoms with van der Waals surface area (Å²) in [6.45, 7) is 2.46. The van der Waals surface area contributed by atoms with E-state index < -0.39 is 44.2 Å². The molecule has 0 spiro atoms. The van der Waals surface area contributed by atoms with Crippen molar-refractivity contribution in [3.8, 4) is 0 Å². The molecule has 1 amide bonds. The van der Waals surface area contributed by atoms with Crippen LogP contribution in [0.1, 0.15) is 22.8 Å². The Labute approximate surface area is 114 Å². The highest BCUT2D eigenvalue weighted by Gasteiger charge is 2.24. The van der Waals surface area contributed by atoms with Crippen LogP contribution in [-0.2, 0) is 14.8 Å². The topological polar surface area (TPSA) is 127 Å². The normalized spacial score (nSPS) is 12.9. The number of carbonyl (C=O) groups is 2. The minimum Gasteiger partial charge on any atom is -0.478 e. The fourth-order valence-electron chi connectivity index (χ4n) is 1.41. The molecule has 0 saturated carbocycles. The summed E-state index contributed by atoms with van der Waals surface area (Å²) >= 11 is 0. The summed E-state index contributed by atoms with van der Waals surface area (Å²) in [5.74, 6) is -3.50. The first-order chi connectivity index (χ1) is 9.06. The van der Waals surface area contributed by atoms with E-state index in [-0.39, 0.29) is 5.56 Å². The number of carbonyl (C=O) groups excluding carboxylic acids is 1. The second-order valence-electron chi connectivity index (χ2n) is 4.15. The summed E-state index contributed by atoms with van der Waals surface area (Å²) < 4.78 is 39.4. The summed E-state index contributed by atoms with van der Waals surface area (Å²) in [6, 6.07) is 0.470. The second kappa shape index (κ2) is 5.55. The molecule has 1 atom stereocenters. The zero-order valence-corrected chi connectivity index (χ0v) is 11.5. The molecule has 0 aliphatic rings.